The summed E-state index contributed by atoms with van der Waals surface area (Å²) >= 11 is 1.41. The van der Waals surface area contributed by atoms with Gasteiger partial charge in [0.1, 0.15) is 11.6 Å². The zero-order chi connectivity index (χ0) is 10.7. The molecule has 0 spiro atoms. The first-order valence-electron chi connectivity index (χ1n) is 4.29. The summed E-state index contributed by atoms with van der Waals surface area (Å²) in [6.45, 7) is 5.67. The Morgan fingerprint density at radius 3 is 2.57 bits per heavy atom. The molecule has 0 saturated heterocycles. The Morgan fingerprint density at radius 2 is 2.21 bits per heavy atom. The van der Waals surface area contributed by atoms with E-state index in [1.54, 1.807) is 4.90 Å². The fourth-order valence-electron chi connectivity index (χ4n) is 1.02. The molecule has 5 nitrogen and oxygen atoms in total. The number of carboxylic acids is 1. The third-order valence-electron chi connectivity index (χ3n) is 1.69. The SMILES string of the molecule is Cc1nnc(N(CC(=O)O)C(C)C)s1. The van der Waals surface area contributed by atoms with Gasteiger partial charge in [0.05, 0.1) is 0 Å². The predicted octanol–water partition coefficient (Wildman–Crippen LogP) is 1.15. The molecule has 78 valence electrons. The van der Waals surface area contributed by atoms with Gasteiger partial charge in [-0.3, -0.25) is 4.79 Å². The van der Waals surface area contributed by atoms with E-state index in [9.17, 15) is 4.79 Å². The summed E-state index contributed by atoms with van der Waals surface area (Å²) in [7, 11) is 0. The van der Waals surface area contributed by atoms with Crippen LogP contribution in [0.2, 0.25) is 0 Å². The number of hydrogen-bond acceptors (Lipinski definition) is 5. The Hall–Kier alpha value is -1.17. The number of aromatic nitrogens is 2. The van der Waals surface area contributed by atoms with Crippen LogP contribution in [-0.2, 0) is 4.79 Å². The second-order valence-electron chi connectivity index (χ2n) is 3.22. The number of anilines is 1. The van der Waals surface area contributed by atoms with Crippen molar-refractivity contribution >= 4 is 22.4 Å². The lowest BCUT2D eigenvalue weighted by molar-refractivity contribution is -0.135. The highest BCUT2D eigenvalue weighted by atomic mass is 32.1. The summed E-state index contributed by atoms with van der Waals surface area (Å²) in [6.07, 6.45) is 0. The number of carbonyl (C=O) groups is 1. The van der Waals surface area contributed by atoms with Crippen LogP contribution in [0.15, 0.2) is 0 Å². The van der Waals surface area contributed by atoms with Crippen LogP contribution in [0, 0.1) is 6.92 Å². The number of rotatable bonds is 4. The van der Waals surface area contributed by atoms with Crippen molar-refractivity contribution < 1.29 is 9.90 Å². The molecular weight excluding hydrogens is 202 g/mol. The maximum absolute atomic E-state index is 10.6. The third-order valence-corrected chi connectivity index (χ3v) is 2.57. The first-order valence-corrected chi connectivity index (χ1v) is 5.11. The zero-order valence-corrected chi connectivity index (χ0v) is 9.21. The quantitative estimate of drug-likeness (QED) is 0.816. The van der Waals surface area contributed by atoms with Crippen molar-refractivity contribution in [2.75, 3.05) is 11.4 Å². The van der Waals surface area contributed by atoms with E-state index >= 15 is 0 Å². The molecule has 1 heterocycles. The lowest BCUT2D eigenvalue weighted by Crippen LogP contribution is -2.35. The van der Waals surface area contributed by atoms with E-state index in [1.807, 2.05) is 20.8 Å². The fourth-order valence-corrected chi connectivity index (χ4v) is 1.84. The van der Waals surface area contributed by atoms with Crippen LogP contribution in [0.1, 0.15) is 18.9 Å². The van der Waals surface area contributed by atoms with E-state index in [-0.39, 0.29) is 12.6 Å². The number of carboxylic acid groups (broad SMARTS) is 1. The van der Waals surface area contributed by atoms with E-state index in [4.69, 9.17) is 5.11 Å². The molecule has 0 atom stereocenters. The lowest BCUT2D eigenvalue weighted by Gasteiger charge is -2.23. The molecule has 1 N–H and O–H groups in total. The normalized spacial score (nSPS) is 10.6. The molecule has 0 amide bonds. The highest BCUT2D eigenvalue weighted by Crippen LogP contribution is 2.21. The van der Waals surface area contributed by atoms with Crippen LogP contribution in [0.5, 0.6) is 0 Å². The van der Waals surface area contributed by atoms with E-state index in [1.165, 1.54) is 11.3 Å². The Kier molecular flexibility index (Phi) is 3.40. The minimum absolute atomic E-state index is 0.0354. The first kappa shape index (κ1) is 10.9. The summed E-state index contributed by atoms with van der Waals surface area (Å²) in [5.74, 6) is -0.855. The number of nitrogens with zero attached hydrogens (tertiary/aromatic N) is 3. The zero-order valence-electron chi connectivity index (χ0n) is 8.39. The maximum atomic E-state index is 10.6. The smallest absolute Gasteiger partial charge is 0.323 e. The summed E-state index contributed by atoms with van der Waals surface area (Å²) in [4.78, 5) is 12.3. The minimum Gasteiger partial charge on any atom is -0.480 e. The standard InChI is InChI=1S/C8H13N3O2S/c1-5(2)11(4-7(12)13)8-10-9-6(3)14-8/h5H,4H2,1-3H3,(H,12,13). The van der Waals surface area contributed by atoms with Crippen molar-refractivity contribution in [3.63, 3.8) is 0 Å². The molecule has 6 heteroatoms. The van der Waals surface area contributed by atoms with Gasteiger partial charge < -0.3 is 10.0 Å². The highest BCUT2D eigenvalue weighted by Gasteiger charge is 2.17. The Bertz CT molecular complexity index is 324. The van der Waals surface area contributed by atoms with Gasteiger partial charge in [-0.1, -0.05) is 11.3 Å². The van der Waals surface area contributed by atoms with Gasteiger partial charge in [0.15, 0.2) is 0 Å². The van der Waals surface area contributed by atoms with Crippen molar-refractivity contribution in [1.82, 2.24) is 10.2 Å². The maximum Gasteiger partial charge on any atom is 0.323 e. The molecule has 0 aliphatic rings. The Balaban J connectivity index is 2.82. The molecule has 0 aliphatic carbocycles. The molecule has 0 unspecified atom stereocenters. The van der Waals surface area contributed by atoms with Crippen molar-refractivity contribution in [3.05, 3.63) is 5.01 Å². The number of aliphatic carboxylic acids is 1. The average molecular weight is 215 g/mol. The largest absolute Gasteiger partial charge is 0.480 e. The van der Waals surface area contributed by atoms with E-state index in [2.05, 4.69) is 10.2 Å². The van der Waals surface area contributed by atoms with Gasteiger partial charge in [0, 0.05) is 6.04 Å². The summed E-state index contributed by atoms with van der Waals surface area (Å²) < 4.78 is 0. The molecule has 14 heavy (non-hydrogen) atoms. The van der Waals surface area contributed by atoms with Crippen molar-refractivity contribution in [2.45, 2.75) is 26.8 Å². The molecule has 0 aliphatic heterocycles. The molecule has 1 rings (SSSR count). The second-order valence-corrected chi connectivity index (χ2v) is 4.38. The molecule has 0 bridgehead atoms. The second kappa shape index (κ2) is 4.36. The van der Waals surface area contributed by atoms with Crippen LogP contribution in [-0.4, -0.2) is 33.9 Å². The van der Waals surface area contributed by atoms with Gasteiger partial charge in [0.25, 0.3) is 0 Å². The molecule has 0 saturated carbocycles. The van der Waals surface area contributed by atoms with Crippen LogP contribution in [0.4, 0.5) is 5.13 Å². The summed E-state index contributed by atoms with van der Waals surface area (Å²) in [5, 5.41) is 18.0. The van der Waals surface area contributed by atoms with Gasteiger partial charge in [-0.15, -0.1) is 10.2 Å². The monoisotopic (exact) mass is 215 g/mol. The highest BCUT2D eigenvalue weighted by molar-refractivity contribution is 7.15. The Morgan fingerprint density at radius 1 is 1.57 bits per heavy atom. The molecule has 1 aromatic rings. The summed E-state index contributed by atoms with van der Waals surface area (Å²) in [5.41, 5.74) is 0. The lowest BCUT2D eigenvalue weighted by atomic mass is 10.3. The van der Waals surface area contributed by atoms with Crippen LogP contribution in [0.25, 0.3) is 0 Å². The van der Waals surface area contributed by atoms with Crippen LogP contribution >= 0.6 is 11.3 Å². The fraction of sp³-hybridized carbons (Fsp3) is 0.625. The van der Waals surface area contributed by atoms with Crippen LogP contribution in [0.3, 0.4) is 0 Å². The first-order chi connectivity index (χ1) is 6.50. The van der Waals surface area contributed by atoms with Crippen molar-refractivity contribution in [2.24, 2.45) is 0 Å². The van der Waals surface area contributed by atoms with Crippen molar-refractivity contribution in [3.8, 4) is 0 Å². The molecule has 1 aromatic heterocycles. The molecule has 0 fully saturated rings. The minimum atomic E-state index is -0.855. The number of hydrogen-bond donors (Lipinski definition) is 1. The summed E-state index contributed by atoms with van der Waals surface area (Å²) in [6, 6.07) is 0.110. The third kappa shape index (κ3) is 2.66. The van der Waals surface area contributed by atoms with Gasteiger partial charge >= 0.3 is 5.97 Å². The Labute approximate surface area is 86.4 Å². The van der Waals surface area contributed by atoms with Crippen molar-refractivity contribution in [1.29, 1.82) is 0 Å². The van der Waals surface area contributed by atoms with Gasteiger partial charge in [-0.25, -0.2) is 0 Å². The molecule has 0 aromatic carbocycles. The van der Waals surface area contributed by atoms with E-state index in [0.29, 0.717) is 5.13 Å². The number of aryl methyl sites for hydroxylation is 1. The average Bonchev–Trinajstić information content (AvgIpc) is 2.46. The van der Waals surface area contributed by atoms with E-state index < -0.39 is 5.97 Å². The van der Waals surface area contributed by atoms with Gasteiger partial charge in [-0.2, -0.15) is 0 Å². The topological polar surface area (TPSA) is 66.3 Å². The van der Waals surface area contributed by atoms with Gasteiger partial charge in [-0.05, 0) is 20.8 Å². The molecular formula is C8H13N3O2S. The molecule has 0 radical (unpaired) electrons. The predicted molar refractivity (Wildman–Crippen MR) is 54.8 cm³/mol. The van der Waals surface area contributed by atoms with Gasteiger partial charge in [0.2, 0.25) is 5.13 Å². The van der Waals surface area contributed by atoms with Crippen LogP contribution < -0.4 is 4.90 Å². The van der Waals surface area contributed by atoms with E-state index in [0.717, 1.165) is 5.01 Å².